The van der Waals surface area contributed by atoms with Crippen LogP contribution in [0.15, 0.2) is 36.4 Å². The van der Waals surface area contributed by atoms with Gasteiger partial charge in [-0.3, -0.25) is 0 Å². The Bertz CT molecular complexity index is 543. The van der Waals surface area contributed by atoms with Crippen LogP contribution in [0.2, 0.25) is 0 Å². The van der Waals surface area contributed by atoms with Crippen LogP contribution in [0.4, 0.5) is 8.78 Å². The number of rotatable bonds is 0. The Morgan fingerprint density at radius 2 is 1.81 bits per heavy atom. The first-order chi connectivity index (χ1) is 7.68. The van der Waals surface area contributed by atoms with Crippen molar-refractivity contribution in [1.29, 1.82) is 0 Å². The number of fused-ring (bicyclic) bond motifs is 3. The summed E-state index contributed by atoms with van der Waals surface area (Å²) in [6.07, 6.45) is 1.33. The molecule has 0 amide bonds. The number of benzene rings is 2. The third-order valence-corrected chi connectivity index (χ3v) is 3.35. The lowest BCUT2D eigenvalue weighted by Gasteiger charge is -2.26. The molecule has 16 heavy (non-hydrogen) atoms. The van der Waals surface area contributed by atoms with Crippen LogP contribution in [0.25, 0.3) is 10.8 Å². The highest BCUT2D eigenvalue weighted by molar-refractivity contribution is 5.87. The summed E-state index contributed by atoms with van der Waals surface area (Å²) in [5.74, 6) is -2.64. The number of hydrogen-bond acceptors (Lipinski definition) is 0. The van der Waals surface area contributed by atoms with E-state index in [0.717, 1.165) is 22.8 Å². The molecule has 2 aromatic carbocycles. The molecule has 0 spiro atoms. The average Bonchev–Trinajstić information content (AvgIpc) is 2.28. The third kappa shape index (κ3) is 1.33. The van der Waals surface area contributed by atoms with Gasteiger partial charge in [0.1, 0.15) is 0 Å². The Labute approximate surface area is 92.9 Å². The highest BCUT2D eigenvalue weighted by Gasteiger charge is 2.36. The second kappa shape index (κ2) is 3.27. The lowest BCUT2D eigenvalue weighted by Crippen LogP contribution is -2.20. The van der Waals surface area contributed by atoms with E-state index < -0.39 is 5.92 Å². The van der Waals surface area contributed by atoms with Gasteiger partial charge in [0.25, 0.3) is 5.92 Å². The zero-order chi connectivity index (χ0) is 11.2. The predicted octanol–water partition coefficient (Wildman–Crippen LogP) is 4.27. The molecule has 0 heterocycles. The minimum Gasteiger partial charge on any atom is -0.201 e. The average molecular weight is 218 g/mol. The van der Waals surface area contributed by atoms with Crippen LogP contribution in [0.3, 0.4) is 0 Å². The zero-order valence-electron chi connectivity index (χ0n) is 8.84. The van der Waals surface area contributed by atoms with Crippen LogP contribution in [-0.2, 0) is 12.3 Å². The number of aryl methyl sites for hydroxylation is 1. The van der Waals surface area contributed by atoms with Gasteiger partial charge < -0.3 is 0 Å². The largest absolute Gasteiger partial charge is 0.273 e. The summed E-state index contributed by atoms with van der Waals surface area (Å²) in [6.45, 7) is 0. The van der Waals surface area contributed by atoms with Crippen molar-refractivity contribution >= 4 is 10.8 Å². The van der Waals surface area contributed by atoms with Crippen molar-refractivity contribution in [2.24, 2.45) is 0 Å². The Morgan fingerprint density at radius 1 is 1.00 bits per heavy atom. The number of halogens is 2. The van der Waals surface area contributed by atoms with Crippen molar-refractivity contribution in [2.45, 2.75) is 25.2 Å². The van der Waals surface area contributed by atoms with Crippen molar-refractivity contribution in [3.63, 3.8) is 0 Å². The lowest BCUT2D eigenvalue weighted by atomic mass is 9.85. The van der Waals surface area contributed by atoms with Gasteiger partial charge in [0.05, 0.1) is 0 Å². The van der Waals surface area contributed by atoms with Crippen LogP contribution in [0.1, 0.15) is 24.0 Å². The zero-order valence-corrected chi connectivity index (χ0v) is 8.84. The van der Waals surface area contributed by atoms with E-state index >= 15 is 0 Å². The summed E-state index contributed by atoms with van der Waals surface area (Å²) >= 11 is 0. The first kappa shape index (κ1) is 9.76. The highest BCUT2D eigenvalue weighted by atomic mass is 19.3. The van der Waals surface area contributed by atoms with Gasteiger partial charge in [-0.25, -0.2) is 8.78 Å². The van der Waals surface area contributed by atoms with Gasteiger partial charge >= 0.3 is 0 Å². The van der Waals surface area contributed by atoms with Gasteiger partial charge in [0.15, 0.2) is 0 Å². The Morgan fingerprint density at radius 3 is 2.69 bits per heavy atom. The van der Waals surface area contributed by atoms with Crippen LogP contribution < -0.4 is 0 Å². The molecule has 82 valence electrons. The molecule has 0 fully saturated rings. The van der Waals surface area contributed by atoms with E-state index in [9.17, 15) is 8.78 Å². The second-order valence-electron chi connectivity index (χ2n) is 4.37. The monoisotopic (exact) mass is 218 g/mol. The van der Waals surface area contributed by atoms with Gasteiger partial charge in [-0.05, 0) is 29.2 Å². The molecule has 0 radical (unpaired) electrons. The predicted molar refractivity (Wildman–Crippen MR) is 60.8 cm³/mol. The molecule has 1 aliphatic rings. The number of hydrogen-bond donors (Lipinski definition) is 0. The Hall–Kier alpha value is -1.44. The van der Waals surface area contributed by atoms with E-state index in [4.69, 9.17) is 0 Å². The smallest absolute Gasteiger partial charge is 0.201 e. The van der Waals surface area contributed by atoms with Gasteiger partial charge in [-0.2, -0.15) is 0 Å². The molecular weight excluding hydrogens is 206 g/mol. The Balaban J connectivity index is 2.35. The summed E-state index contributed by atoms with van der Waals surface area (Å²) < 4.78 is 27.5. The normalized spacial score (nSPS) is 18.4. The van der Waals surface area contributed by atoms with Crippen LogP contribution in [-0.4, -0.2) is 0 Å². The summed E-state index contributed by atoms with van der Waals surface area (Å²) in [5.41, 5.74) is 1.08. The summed E-state index contributed by atoms with van der Waals surface area (Å²) in [7, 11) is 0. The fourth-order valence-corrected chi connectivity index (χ4v) is 2.57. The van der Waals surface area contributed by atoms with E-state index in [0.29, 0.717) is 6.42 Å². The van der Waals surface area contributed by atoms with Gasteiger partial charge in [-0.15, -0.1) is 0 Å². The molecule has 0 unspecified atom stereocenters. The van der Waals surface area contributed by atoms with Crippen LogP contribution in [0.5, 0.6) is 0 Å². The maximum atomic E-state index is 13.7. The molecule has 0 saturated carbocycles. The first-order valence-corrected chi connectivity index (χ1v) is 5.57. The minimum absolute atomic E-state index is 0.0155. The molecule has 3 rings (SSSR count). The SMILES string of the molecule is FC1(F)CCCc2c1ccc1ccccc21. The molecule has 0 saturated heterocycles. The highest BCUT2D eigenvalue weighted by Crippen LogP contribution is 2.42. The summed E-state index contributed by atoms with van der Waals surface area (Å²) in [6, 6.07) is 11.2. The van der Waals surface area contributed by atoms with Crippen molar-refractivity contribution in [3.8, 4) is 0 Å². The molecular formula is C14H12F2. The van der Waals surface area contributed by atoms with E-state index in [-0.39, 0.29) is 12.0 Å². The number of alkyl halides is 2. The summed E-state index contributed by atoms with van der Waals surface area (Å²) in [4.78, 5) is 0. The second-order valence-corrected chi connectivity index (χ2v) is 4.37. The van der Waals surface area contributed by atoms with Crippen molar-refractivity contribution < 1.29 is 8.78 Å². The molecule has 0 aromatic heterocycles. The molecule has 0 nitrogen and oxygen atoms in total. The lowest BCUT2D eigenvalue weighted by molar-refractivity contribution is -0.0214. The molecule has 2 aromatic rings. The molecule has 0 atom stereocenters. The van der Waals surface area contributed by atoms with Crippen molar-refractivity contribution in [2.75, 3.05) is 0 Å². The topological polar surface area (TPSA) is 0 Å². The maximum absolute atomic E-state index is 13.7. The fourth-order valence-electron chi connectivity index (χ4n) is 2.57. The first-order valence-electron chi connectivity index (χ1n) is 5.57. The standard InChI is InChI=1S/C14H12F2/c15-14(16)9-3-6-12-11-5-2-1-4-10(11)7-8-13(12)14/h1-2,4-5,7-8H,3,6,9H2. The molecule has 1 aliphatic carbocycles. The van der Waals surface area contributed by atoms with Crippen molar-refractivity contribution in [3.05, 3.63) is 47.5 Å². The van der Waals surface area contributed by atoms with E-state index in [1.54, 1.807) is 12.1 Å². The van der Waals surface area contributed by atoms with E-state index in [2.05, 4.69) is 0 Å². The molecule has 0 bridgehead atoms. The summed E-state index contributed by atoms with van der Waals surface area (Å²) in [5, 5.41) is 2.04. The van der Waals surface area contributed by atoms with Crippen molar-refractivity contribution in [1.82, 2.24) is 0 Å². The molecule has 2 heteroatoms. The van der Waals surface area contributed by atoms with Gasteiger partial charge in [0.2, 0.25) is 0 Å². The molecule has 0 N–H and O–H groups in total. The quantitative estimate of drug-likeness (QED) is 0.619. The minimum atomic E-state index is -2.64. The van der Waals surface area contributed by atoms with E-state index in [1.807, 2.05) is 24.3 Å². The molecule has 0 aliphatic heterocycles. The maximum Gasteiger partial charge on any atom is 0.273 e. The fraction of sp³-hybridized carbons (Fsp3) is 0.286. The van der Waals surface area contributed by atoms with Crippen LogP contribution >= 0.6 is 0 Å². The van der Waals surface area contributed by atoms with Gasteiger partial charge in [-0.1, -0.05) is 36.4 Å². The Kier molecular flexibility index (Phi) is 2.00. The van der Waals surface area contributed by atoms with Crippen LogP contribution in [0, 0.1) is 0 Å². The third-order valence-electron chi connectivity index (χ3n) is 3.35. The van der Waals surface area contributed by atoms with E-state index in [1.165, 1.54) is 0 Å². The van der Waals surface area contributed by atoms with Gasteiger partial charge in [0, 0.05) is 12.0 Å².